The second-order valence-electron chi connectivity index (χ2n) is 5.71. The third-order valence-corrected chi connectivity index (χ3v) is 3.46. The molecule has 1 N–H and O–H groups in total. The van der Waals surface area contributed by atoms with Gasteiger partial charge in [0.1, 0.15) is 5.82 Å². The van der Waals surface area contributed by atoms with E-state index < -0.39 is 47.2 Å². The summed E-state index contributed by atoms with van der Waals surface area (Å²) < 4.78 is 29.3. The summed E-state index contributed by atoms with van der Waals surface area (Å²) in [6.45, 7) is 1.26. The van der Waals surface area contributed by atoms with Gasteiger partial charge in [0.15, 0.2) is 24.7 Å². The number of nitro benzene ring substituents is 1. The summed E-state index contributed by atoms with van der Waals surface area (Å²) in [6.07, 6.45) is 0.802. The molecule has 2 rings (SSSR count). The standard InChI is InChI=1S/C19H19FN2O7/c1-2-9-27-16-5-3-4-6-17(16)28-12-19(24)29-11-18(23)21-15-10-13(22(25)26)7-8-14(15)20/h3-8,10H,2,9,11-12H2,1H3,(H,21,23). The van der Waals surface area contributed by atoms with E-state index in [1.54, 1.807) is 24.3 Å². The van der Waals surface area contributed by atoms with E-state index in [1.807, 2.05) is 6.92 Å². The Kier molecular flexibility index (Phi) is 7.89. The van der Waals surface area contributed by atoms with Crippen molar-refractivity contribution in [1.82, 2.24) is 0 Å². The van der Waals surface area contributed by atoms with Crippen LogP contribution < -0.4 is 14.8 Å². The van der Waals surface area contributed by atoms with Crippen molar-refractivity contribution in [3.63, 3.8) is 0 Å². The maximum Gasteiger partial charge on any atom is 0.344 e. The van der Waals surface area contributed by atoms with Gasteiger partial charge in [0.2, 0.25) is 0 Å². The highest BCUT2D eigenvalue weighted by molar-refractivity contribution is 5.93. The lowest BCUT2D eigenvalue weighted by molar-refractivity contribution is -0.384. The molecule has 0 radical (unpaired) electrons. The first-order valence-corrected chi connectivity index (χ1v) is 8.64. The largest absolute Gasteiger partial charge is 0.490 e. The van der Waals surface area contributed by atoms with Crippen LogP contribution in [-0.4, -0.2) is 36.6 Å². The molecule has 154 valence electrons. The van der Waals surface area contributed by atoms with Crippen LogP contribution in [0.15, 0.2) is 42.5 Å². The lowest BCUT2D eigenvalue weighted by atomic mass is 10.2. The second-order valence-corrected chi connectivity index (χ2v) is 5.71. The van der Waals surface area contributed by atoms with Gasteiger partial charge in [0.25, 0.3) is 11.6 Å². The van der Waals surface area contributed by atoms with Gasteiger partial charge in [-0.1, -0.05) is 19.1 Å². The molecule has 0 aliphatic rings. The molecule has 0 unspecified atom stereocenters. The monoisotopic (exact) mass is 406 g/mol. The normalized spacial score (nSPS) is 10.1. The van der Waals surface area contributed by atoms with Gasteiger partial charge in [0, 0.05) is 12.1 Å². The quantitative estimate of drug-likeness (QED) is 0.366. The molecule has 29 heavy (non-hydrogen) atoms. The number of carbonyl (C=O) groups is 2. The van der Waals surface area contributed by atoms with Gasteiger partial charge in [-0.3, -0.25) is 14.9 Å². The van der Waals surface area contributed by atoms with Crippen LogP contribution in [0, 0.1) is 15.9 Å². The molecule has 0 aliphatic carbocycles. The summed E-state index contributed by atoms with van der Waals surface area (Å²) in [7, 11) is 0. The number of esters is 1. The predicted molar refractivity (Wildman–Crippen MR) is 100 cm³/mol. The SMILES string of the molecule is CCCOc1ccccc1OCC(=O)OCC(=O)Nc1cc([N+](=O)[O-])ccc1F. The van der Waals surface area contributed by atoms with Crippen LogP contribution in [0.2, 0.25) is 0 Å². The van der Waals surface area contributed by atoms with Gasteiger partial charge in [-0.05, 0) is 24.6 Å². The van der Waals surface area contributed by atoms with Crippen LogP contribution in [-0.2, 0) is 14.3 Å². The number of anilines is 1. The molecule has 2 aromatic rings. The summed E-state index contributed by atoms with van der Waals surface area (Å²) in [4.78, 5) is 33.6. The number of hydrogen-bond acceptors (Lipinski definition) is 7. The summed E-state index contributed by atoms with van der Waals surface area (Å²) >= 11 is 0. The number of nitrogens with one attached hydrogen (secondary N) is 1. The van der Waals surface area contributed by atoms with Gasteiger partial charge in [-0.2, -0.15) is 0 Å². The Morgan fingerprint density at radius 3 is 2.45 bits per heavy atom. The Hall–Kier alpha value is -3.69. The van der Waals surface area contributed by atoms with Gasteiger partial charge in [-0.15, -0.1) is 0 Å². The number of nitrogens with zero attached hydrogens (tertiary/aromatic N) is 1. The molecule has 0 saturated carbocycles. The summed E-state index contributed by atoms with van der Waals surface area (Å²) in [6, 6.07) is 9.46. The van der Waals surface area contributed by atoms with Crippen molar-refractivity contribution in [3.05, 3.63) is 58.4 Å². The van der Waals surface area contributed by atoms with E-state index in [1.165, 1.54) is 0 Å². The van der Waals surface area contributed by atoms with Crippen molar-refractivity contribution in [2.45, 2.75) is 13.3 Å². The van der Waals surface area contributed by atoms with Crippen LogP contribution in [0.1, 0.15) is 13.3 Å². The molecule has 0 saturated heterocycles. The molecular formula is C19H19FN2O7. The number of benzene rings is 2. The van der Waals surface area contributed by atoms with Crippen molar-refractivity contribution >= 4 is 23.3 Å². The van der Waals surface area contributed by atoms with Gasteiger partial charge in [-0.25, -0.2) is 9.18 Å². The topological polar surface area (TPSA) is 117 Å². The molecule has 0 aromatic heterocycles. The van der Waals surface area contributed by atoms with Crippen LogP contribution in [0.4, 0.5) is 15.8 Å². The van der Waals surface area contributed by atoms with E-state index in [2.05, 4.69) is 5.32 Å². The summed E-state index contributed by atoms with van der Waals surface area (Å²) in [5.41, 5.74) is -0.783. The molecule has 2 aromatic carbocycles. The molecular weight excluding hydrogens is 387 g/mol. The molecule has 10 heteroatoms. The number of non-ortho nitro benzene ring substituents is 1. The maximum absolute atomic E-state index is 13.7. The van der Waals surface area contributed by atoms with E-state index in [4.69, 9.17) is 14.2 Å². The predicted octanol–water partition coefficient (Wildman–Crippen LogP) is 3.08. The summed E-state index contributed by atoms with van der Waals surface area (Å²) in [5.74, 6) is -1.72. The fourth-order valence-electron chi connectivity index (χ4n) is 2.13. The van der Waals surface area contributed by atoms with E-state index in [9.17, 15) is 24.1 Å². The molecule has 1 amide bonds. The molecule has 0 aliphatic heterocycles. The molecule has 0 fully saturated rings. The van der Waals surface area contributed by atoms with Crippen molar-refractivity contribution in [1.29, 1.82) is 0 Å². The zero-order valence-corrected chi connectivity index (χ0v) is 15.6. The third kappa shape index (κ3) is 6.76. The first-order chi connectivity index (χ1) is 13.9. The Morgan fingerprint density at radius 1 is 1.10 bits per heavy atom. The number of ether oxygens (including phenoxy) is 3. The Bertz CT molecular complexity index is 889. The Balaban J connectivity index is 1.83. The zero-order chi connectivity index (χ0) is 21.2. The highest BCUT2D eigenvalue weighted by atomic mass is 19.1. The molecule has 0 spiro atoms. The molecule has 0 atom stereocenters. The highest BCUT2D eigenvalue weighted by Gasteiger charge is 2.15. The number of para-hydroxylation sites is 2. The van der Waals surface area contributed by atoms with Crippen molar-refractivity contribution < 1.29 is 33.1 Å². The lowest BCUT2D eigenvalue weighted by Crippen LogP contribution is -2.24. The van der Waals surface area contributed by atoms with Crippen LogP contribution in [0.5, 0.6) is 11.5 Å². The van der Waals surface area contributed by atoms with Crippen molar-refractivity contribution in [3.8, 4) is 11.5 Å². The summed E-state index contributed by atoms with van der Waals surface area (Å²) in [5, 5.41) is 12.8. The number of hydrogen-bond donors (Lipinski definition) is 1. The molecule has 0 heterocycles. The van der Waals surface area contributed by atoms with Crippen molar-refractivity contribution in [2.75, 3.05) is 25.1 Å². The number of nitro groups is 1. The van der Waals surface area contributed by atoms with E-state index in [0.29, 0.717) is 18.1 Å². The molecule has 0 bridgehead atoms. The van der Waals surface area contributed by atoms with Gasteiger partial charge >= 0.3 is 5.97 Å². The third-order valence-electron chi connectivity index (χ3n) is 3.46. The minimum atomic E-state index is -0.859. The number of halogens is 1. The Morgan fingerprint density at radius 2 is 1.79 bits per heavy atom. The smallest absolute Gasteiger partial charge is 0.344 e. The van der Waals surface area contributed by atoms with E-state index >= 15 is 0 Å². The Labute approximate surface area is 165 Å². The first-order valence-electron chi connectivity index (χ1n) is 8.64. The first kappa shape index (κ1) is 21.6. The fraction of sp³-hybridized carbons (Fsp3) is 0.263. The zero-order valence-electron chi connectivity index (χ0n) is 15.6. The maximum atomic E-state index is 13.7. The van der Waals surface area contributed by atoms with E-state index in [-0.39, 0.29) is 0 Å². The number of amides is 1. The average molecular weight is 406 g/mol. The molecule has 9 nitrogen and oxygen atoms in total. The highest BCUT2D eigenvalue weighted by Crippen LogP contribution is 2.26. The van der Waals surface area contributed by atoms with Crippen LogP contribution >= 0.6 is 0 Å². The number of carbonyl (C=O) groups excluding carboxylic acids is 2. The van der Waals surface area contributed by atoms with Crippen LogP contribution in [0.25, 0.3) is 0 Å². The minimum Gasteiger partial charge on any atom is -0.490 e. The lowest BCUT2D eigenvalue weighted by Gasteiger charge is -2.12. The second kappa shape index (κ2) is 10.6. The number of rotatable bonds is 10. The van der Waals surface area contributed by atoms with E-state index in [0.717, 1.165) is 24.6 Å². The van der Waals surface area contributed by atoms with Crippen molar-refractivity contribution in [2.24, 2.45) is 0 Å². The average Bonchev–Trinajstić information content (AvgIpc) is 2.71. The van der Waals surface area contributed by atoms with Crippen LogP contribution in [0.3, 0.4) is 0 Å². The van der Waals surface area contributed by atoms with Gasteiger partial charge in [0.05, 0.1) is 17.2 Å². The minimum absolute atomic E-state index is 0.348. The van der Waals surface area contributed by atoms with Gasteiger partial charge < -0.3 is 19.5 Å². The fourth-order valence-corrected chi connectivity index (χ4v) is 2.13.